The summed E-state index contributed by atoms with van der Waals surface area (Å²) < 4.78 is 12.4. The fourth-order valence-corrected chi connectivity index (χ4v) is 3.45. The molecule has 2 N–H and O–H groups in total. The van der Waals surface area contributed by atoms with Gasteiger partial charge in [-0.3, -0.25) is 9.59 Å². The highest BCUT2D eigenvalue weighted by atomic mass is 127. The highest BCUT2D eigenvalue weighted by molar-refractivity contribution is 14.1. The van der Waals surface area contributed by atoms with Gasteiger partial charge in [0.2, 0.25) is 11.8 Å². The Kier molecular flexibility index (Phi) is 9.57. The van der Waals surface area contributed by atoms with Gasteiger partial charge in [0.15, 0.2) is 11.5 Å². The minimum atomic E-state index is -0.536. The van der Waals surface area contributed by atoms with E-state index >= 15 is 0 Å². The van der Waals surface area contributed by atoms with Crippen molar-refractivity contribution in [3.05, 3.63) is 50.1 Å². The first kappa shape index (κ1) is 24.9. The average molecular weight is 558 g/mol. The topological polar surface area (TPSA) is 89.0 Å². The Balaban J connectivity index is 1.96. The quantitative estimate of drug-likeness (QED) is 0.198. The van der Waals surface area contributed by atoms with Crippen molar-refractivity contribution in [1.82, 2.24) is 5.43 Å². The molecule has 0 aromatic heterocycles. The normalized spacial score (nSPS) is 10.9. The van der Waals surface area contributed by atoms with E-state index in [4.69, 9.17) is 21.1 Å². The zero-order valence-electron chi connectivity index (χ0n) is 17.8. The van der Waals surface area contributed by atoms with Gasteiger partial charge in [0.1, 0.15) is 6.42 Å². The Bertz CT molecular complexity index is 979. The molecule has 0 saturated carbocycles. The summed E-state index contributed by atoms with van der Waals surface area (Å²) in [5, 5.41) is 7.11. The second-order valence-electron chi connectivity index (χ2n) is 6.91. The lowest BCUT2D eigenvalue weighted by Crippen LogP contribution is -2.24. The Labute approximate surface area is 200 Å². The van der Waals surface area contributed by atoms with Gasteiger partial charge in [0, 0.05) is 10.7 Å². The Morgan fingerprint density at radius 3 is 2.61 bits per heavy atom. The molecule has 0 fully saturated rings. The van der Waals surface area contributed by atoms with E-state index in [-0.39, 0.29) is 12.5 Å². The minimum absolute atomic E-state index is 0.00797. The molecule has 0 radical (unpaired) electrons. The molecule has 0 aliphatic rings. The van der Waals surface area contributed by atoms with Gasteiger partial charge in [0.25, 0.3) is 0 Å². The number of nitrogens with one attached hydrogen (secondary N) is 2. The third-order valence-electron chi connectivity index (χ3n) is 3.86. The Morgan fingerprint density at radius 2 is 1.97 bits per heavy atom. The van der Waals surface area contributed by atoms with E-state index in [1.54, 1.807) is 24.3 Å². The molecule has 0 saturated heterocycles. The number of nitrogens with zero attached hydrogens (tertiary/aromatic N) is 1. The lowest BCUT2D eigenvalue weighted by Gasteiger charge is -2.16. The maximum absolute atomic E-state index is 12.0. The Hall–Kier alpha value is -2.33. The molecule has 7 nitrogen and oxygen atoms in total. The van der Waals surface area contributed by atoms with Crippen molar-refractivity contribution in [2.75, 3.05) is 11.9 Å². The smallest absolute Gasteiger partial charge is 0.249 e. The number of hydrazone groups is 1. The molecule has 0 unspecified atom stereocenters. The summed E-state index contributed by atoms with van der Waals surface area (Å²) in [6.45, 7) is 8.13. The van der Waals surface area contributed by atoms with Crippen molar-refractivity contribution in [3.63, 3.8) is 0 Å². The standard InChI is InChI=1S/C22H25ClIN3O4/c1-5-30-19-9-15(8-18(24)22(19)31-13(2)3)12-25-27-21(29)11-20(28)26-16-7-6-14(4)17(23)10-16/h6-10,12-13H,5,11H2,1-4H3,(H,26,28)(H,27,29). The number of halogens is 2. The van der Waals surface area contributed by atoms with Crippen LogP contribution in [0.25, 0.3) is 0 Å². The van der Waals surface area contributed by atoms with Crippen molar-refractivity contribution in [2.45, 2.75) is 40.2 Å². The van der Waals surface area contributed by atoms with Crippen molar-refractivity contribution in [1.29, 1.82) is 0 Å². The van der Waals surface area contributed by atoms with Crippen molar-refractivity contribution in [3.8, 4) is 11.5 Å². The lowest BCUT2D eigenvalue weighted by molar-refractivity contribution is -0.126. The molecular weight excluding hydrogens is 533 g/mol. The van der Waals surface area contributed by atoms with Gasteiger partial charge in [0.05, 0.1) is 22.5 Å². The lowest BCUT2D eigenvalue weighted by atomic mass is 10.2. The number of hydrogen-bond donors (Lipinski definition) is 2. The fraction of sp³-hybridized carbons (Fsp3) is 0.318. The second-order valence-corrected chi connectivity index (χ2v) is 8.48. The van der Waals surface area contributed by atoms with Crippen LogP contribution in [0.1, 0.15) is 38.3 Å². The van der Waals surface area contributed by atoms with Gasteiger partial charge in [-0.1, -0.05) is 17.7 Å². The van der Waals surface area contributed by atoms with E-state index in [1.807, 2.05) is 33.8 Å². The molecule has 166 valence electrons. The molecule has 0 atom stereocenters. The number of benzene rings is 2. The third kappa shape index (κ3) is 8.02. The molecule has 0 heterocycles. The van der Waals surface area contributed by atoms with Crippen LogP contribution in [0.2, 0.25) is 5.02 Å². The van der Waals surface area contributed by atoms with E-state index in [2.05, 4.69) is 38.4 Å². The van der Waals surface area contributed by atoms with E-state index < -0.39 is 11.8 Å². The van der Waals surface area contributed by atoms with Crippen LogP contribution >= 0.6 is 34.2 Å². The van der Waals surface area contributed by atoms with Gasteiger partial charge in [-0.05, 0) is 85.7 Å². The number of carbonyl (C=O) groups excluding carboxylic acids is 2. The summed E-state index contributed by atoms with van der Waals surface area (Å²) in [5.41, 5.74) is 4.51. The number of amides is 2. The molecule has 9 heteroatoms. The maximum Gasteiger partial charge on any atom is 0.249 e. The van der Waals surface area contributed by atoms with Crippen LogP contribution < -0.4 is 20.2 Å². The summed E-state index contributed by atoms with van der Waals surface area (Å²) in [6, 6.07) is 8.79. The summed E-state index contributed by atoms with van der Waals surface area (Å²) in [5.74, 6) is 0.279. The molecule has 2 aromatic carbocycles. The van der Waals surface area contributed by atoms with E-state index in [0.29, 0.717) is 28.8 Å². The summed E-state index contributed by atoms with van der Waals surface area (Å²) >= 11 is 8.20. The van der Waals surface area contributed by atoms with Gasteiger partial charge in [-0.25, -0.2) is 5.43 Å². The molecule has 0 aliphatic heterocycles. The molecule has 0 bridgehead atoms. The molecule has 2 amide bonds. The monoisotopic (exact) mass is 557 g/mol. The summed E-state index contributed by atoms with van der Waals surface area (Å²) in [4.78, 5) is 24.0. The first-order valence-electron chi connectivity index (χ1n) is 9.70. The van der Waals surface area contributed by atoms with Crippen LogP contribution in [0.3, 0.4) is 0 Å². The summed E-state index contributed by atoms with van der Waals surface area (Å²) in [7, 11) is 0. The zero-order valence-corrected chi connectivity index (χ0v) is 20.7. The van der Waals surface area contributed by atoms with Crippen molar-refractivity contribution < 1.29 is 19.1 Å². The van der Waals surface area contributed by atoms with Gasteiger partial charge >= 0.3 is 0 Å². The first-order chi connectivity index (χ1) is 14.7. The number of ether oxygens (including phenoxy) is 2. The zero-order chi connectivity index (χ0) is 23.0. The van der Waals surface area contributed by atoms with Gasteiger partial charge < -0.3 is 14.8 Å². The van der Waals surface area contributed by atoms with Gasteiger partial charge in [-0.15, -0.1) is 0 Å². The first-order valence-corrected chi connectivity index (χ1v) is 11.2. The molecule has 31 heavy (non-hydrogen) atoms. The number of anilines is 1. The predicted octanol–water partition coefficient (Wildman–Crippen LogP) is 4.92. The number of hydrogen-bond acceptors (Lipinski definition) is 5. The van der Waals surface area contributed by atoms with E-state index in [1.165, 1.54) is 6.21 Å². The molecule has 0 spiro atoms. The van der Waals surface area contributed by atoms with Crippen LogP contribution in [0, 0.1) is 10.5 Å². The van der Waals surface area contributed by atoms with E-state index in [0.717, 1.165) is 14.7 Å². The molecule has 2 aromatic rings. The fourth-order valence-electron chi connectivity index (χ4n) is 2.52. The third-order valence-corrected chi connectivity index (χ3v) is 5.07. The SMILES string of the molecule is CCOc1cc(C=NNC(=O)CC(=O)Nc2ccc(C)c(Cl)c2)cc(I)c1OC(C)C. The highest BCUT2D eigenvalue weighted by Crippen LogP contribution is 2.34. The van der Waals surface area contributed by atoms with Crippen molar-refractivity contribution in [2.24, 2.45) is 5.10 Å². The maximum atomic E-state index is 12.0. The number of aryl methyl sites for hydroxylation is 1. The second kappa shape index (κ2) is 11.9. The molecule has 0 aliphatic carbocycles. The van der Waals surface area contributed by atoms with E-state index in [9.17, 15) is 9.59 Å². The minimum Gasteiger partial charge on any atom is -0.490 e. The van der Waals surface area contributed by atoms with Crippen LogP contribution in [0.5, 0.6) is 11.5 Å². The largest absolute Gasteiger partial charge is 0.490 e. The van der Waals surface area contributed by atoms with Gasteiger partial charge in [-0.2, -0.15) is 5.10 Å². The molecular formula is C22H25ClIN3O4. The van der Waals surface area contributed by atoms with Crippen LogP contribution in [0.4, 0.5) is 5.69 Å². The van der Waals surface area contributed by atoms with Crippen molar-refractivity contribution >= 4 is 57.9 Å². The van der Waals surface area contributed by atoms with Crippen LogP contribution in [-0.4, -0.2) is 30.7 Å². The average Bonchev–Trinajstić information content (AvgIpc) is 2.67. The molecule has 2 rings (SSSR count). The predicted molar refractivity (Wildman–Crippen MR) is 131 cm³/mol. The van der Waals surface area contributed by atoms with Crippen LogP contribution in [0.15, 0.2) is 35.4 Å². The Morgan fingerprint density at radius 1 is 1.23 bits per heavy atom. The number of rotatable bonds is 9. The highest BCUT2D eigenvalue weighted by Gasteiger charge is 2.13. The van der Waals surface area contributed by atoms with Crippen LogP contribution in [-0.2, 0) is 9.59 Å². The number of carbonyl (C=O) groups is 2. The summed E-state index contributed by atoms with van der Waals surface area (Å²) in [6.07, 6.45) is 1.12.